The van der Waals surface area contributed by atoms with Gasteiger partial charge in [0.1, 0.15) is 18.1 Å². The van der Waals surface area contributed by atoms with Crippen LogP contribution < -0.4 is 9.47 Å². The number of hydrogen-bond acceptors (Lipinski definition) is 6. The average Bonchev–Trinajstić information content (AvgIpc) is 3.36. The van der Waals surface area contributed by atoms with Crippen LogP contribution >= 0.6 is 23.4 Å². The lowest BCUT2D eigenvalue weighted by Crippen LogP contribution is -2.32. The van der Waals surface area contributed by atoms with E-state index in [1.807, 2.05) is 37.3 Å². The summed E-state index contributed by atoms with van der Waals surface area (Å²) < 4.78 is 16.8. The molecule has 32 heavy (non-hydrogen) atoms. The van der Waals surface area contributed by atoms with Crippen LogP contribution in [0, 0.1) is 6.92 Å². The Hall–Kier alpha value is -3.16. The minimum Gasteiger partial charge on any atom is -0.493 e. The minimum atomic E-state index is -0.375. The molecule has 0 saturated carbocycles. The van der Waals surface area contributed by atoms with Gasteiger partial charge in [-0.25, -0.2) is 0 Å². The summed E-state index contributed by atoms with van der Waals surface area (Å²) in [5.74, 6) is 1.87. The van der Waals surface area contributed by atoms with Crippen LogP contribution in [0.25, 0.3) is 17.4 Å². The highest BCUT2D eigenvalue weighted by Gasteiger charge is 2.35. The van der Waals surface area contributed by atoms with Crippen LogP contribution in [0.2, 0.25) is 5.02 Å². The van der Waals surface area contributed by atoms with Crippen LogP contribution in [0.5, 0.6) is 11.5 Å². The maximum atomic E-state index is 12.7. The van der Waals surface area contributed by atoms with Crippen molar-refractivity contribution in [2.24, 2.45) is 0 Å². The molecule has 1 aliphatic rings. The Labute approximate surface area is 194 Å². The number of methoxy groups -OCH3 is 1. The van der Waals surface area contributed by atoms with E-state index in [1.54, 1.807) is 37.5 Å². The van der Waals surface area contributed by atoms with Gasteiger partial charge in [-0.2, -0.15) is 0 Å². The molecule has 8 heteroatoms. The summed E-state index contributed by atoms with van der Waals surface area (Å²) in [6.07, 6.45) is 1.57. The third-order valence-corrected chi connectivity index (χ3v) is 6.19. The summed E-state index contributed by atoms with van der Waals surface area (Å²) in [4.78, 5) is 26.5. The molecule has 0 radical (unpaired) electrons. The van der Waals surface area contributed by atoms with Gasteiger partial charge in [-0.1, -0.05) is 35.9 Å². The minimum absolute atomic E-state index is 0.130. The zero-order chi connectivity index (χ0) is 22.7. The molecule has 2 amide bonds. The number of thioether (sulfide) groups is 1. The number of nitrogens with zero attached hydrogens (tertiary/aromatic N) is 1. The number of carbonyl (C=O) groups is 2. The number of hydrogen-bond donors (Lipinski definition) is 0. The van der Waals surface area contributed by atoms with Crippen molar-refractivity contribution in [2.45, 2.75) is 6.92 Å². The lowest BCUT2D eigenvalue weighted by molar-refractivity contribution is -0.123. The molecular formula is C24H20ClNO5S. The van der Waals surface area contributed by atoms with Crippen LogP contribution in [0.4, 0.5) is 4.79 Å². The number of para-hydroxylation sites is 2. The lowest BCUT2D eigenvalue weighted by Gasteiger charge is -2.14. The lowest BCUT2D eigenvalue weighted by atomic mass is 10.1. The zero-order valence-electron chi connectivity index (χ0n) is 17.5. The van der Waals surface area contributed by atoms with Gasteiger partial charge < -0.3 is 13.9 Å². The zero-order valence-corrected chi connectivity index (χ0v) is 19.0. The summed E-state index contributed by atoms with van der Waals surface area (Å²) in [7, 11) is 1.55. The molecule has 0 N–H and O–H groups in total. The third-order valence-electron chi connectivity index (χ3n) is 4.87. The van der Waals surface area contributed by atoms with Crippen molar-refractivity contribution in [1.29, 1.82) is 0 Å². The van der Waals surface area contributed by atoms with Crippen molar-refractivity contribution in [1.82, 2.24) is 4.90 Å². The fraction of sp³-hybridized carbons (Fsp3) is 0.167. The van der Waals surface area contributed by atoms with E-state index in [4.69, 9.17) is 25.5 Å². The molecule has 0 aliphatic carbocycles. The largest absolute Gasteiger partial charge is 0.493 e. The van der Waals surface area contributed by atoms with E-state index in [9.17, 15) is 9.59 Å². The SMILES string of the molecule is COc1ccccc1OCCN1C(=O)S/C(=C\c2ccc(-c3ccc(C)c(Cl)c3)o2)C1=O. The molecule has 1 aromatic heterocycles. The molecule has 0 unspecified atom stereocenters. The van der Waals surface area contributed by atoms with E-state index in [2.05, 4.69) is 0 Å². The van der Waals surface area contributed by atoms with Gasteiger partial charge >= 0.3 is 0 Å². The quantitative estimate of drug-likeness (QED) is 0.393. The molecular weight excluding hydrogens is 450 g/mol. The summed E-state index contributed by atoms with van der Waals surface area (Å²) in [5, 5.41) is 0.305. The highest BCUT2D eigenvalue weighted by molar-refractivity contribution is 8.18. The van der Waals surface area contributed by atoms with Crippen LogP contribution in [-0.2, 0) is 4.79 Å². The summed E-state index contributed by atoms with van der Waals surface area (Å²) >= 11 is 7.07. The van der Waals surface area contributed by atoms with E-state index in [0.717, 1.165) is 27.8 Å². The van der Waals surface area contributed by atoms with Gasteiger partial charge in [0.05, 0.1) is 18.6 Å². The van der Waals surface area contributed by atoms with Crippen LogP contribution in [-0.4, -0.2) is 36.3 Å². The molecule has 164 valence electrons. The molecule has 4 rings (SSSR count). The summed E-state index contributed by atoms with van der Waals surface area (Å²) in [5.41, 5.74) is 1.81. The Bertz CT molecular complexity index is 1200. The van der Waals surface area contributed by atoms with Crippen LogP contribution in [0.1, 0.15) is 11.3 Å². The fourth-order valence-corrected chi connectivity index (χ4v) is 4.16. The number of halogens is 1. The average molecular weight is 470 g/mol. The summed E-state index contributed by atoms with van der Waals surface area (Å²) in [6.45, 7) is 2.22. The predicted molar refractivity (Wildman–Crippen MR) is 125 cm³/mol. The Morgan fingerprint density at radius 1 is 1.09 bits per heavy atom. The molecule has 1 saturated heterocycles. The van der Waals surface area contributed by atoms with Crippen molar-refractivity contribution in [3.05, 3.63) is 75.8 Å². The first-order valence-corrected chi connectivity index (χ1v) is 11.0. The highest BCUT2D eigenvalue weighted by Crippen LogP contribution is 2.34. The van der Waals surface area contributed by atoms with Gasteiger partial charge in [0, 0.05) is 16.7 Å². The van der Waals surface area contributed by atoms with Gasteiger partial charge in [0.25, 0.3) is 11.1 Å². The molecule has 0 bridgehead atoms. The van der Waals surface area contributed by atoms with E-state index in [0.29, 0.717) is 32.9 Å². The standard InChI is InChI=1S/C24H20ClNO5S/c1-15-7-8-16(13-18(15)25)19-10-9-17(31-19)14-22-23(27)26(24(28)32-22)11-12-30-21-6-4-3-5-20(21)29-2/h3-10,13-14H,11-12H2,1-2H3/b22-14-. The molecule has 3 aromatic rings. The Morgan fingerprint density at radius 3 is 2.62 bits per heavy atom. The number of aryl methyl sites for hydroxylation is 1. The second kappa shape index (κ2) is 9.54. The first-order chi connectivity index (χ1) is 15.5. The molecule has 1 fully saturated rings. The second-order valence-electron chi connectivity index (χ2n) is 7.00. The van der Waals surface area contributed by atoms with Crippen LogP contribution in [0.3, 0.4) is 0 Å². The number of ether oxygens (including phenoxy) is 2. The predicted octanol–water partition coefficient (Wildman–Crippen LogP) is 6.03. The van der Waals surface area contributed by atoms with Gasteiger partial charge in [0.15, 0.2) is 11.5 Å². The maximum absolute atomic E-state index is 12.7. The number of imide groups is 1. The number of carbonyl (C=O) groups excluding carboxylic acids is 2. The van der Waals surface area contributed by atoms with Crippen molar-refractivity contribution in [3.63, 3.8) is 0 Å². The Balaban J connectivity index is 1.42. The first kappa shape index (κ1) is 22.0. The fourth-order valence-electron chi connectivity index (χ4n) is 3.14. The van der Waals surface area contributed by atoms with E-state index >= 15 is 0 Å². The van der Waals surface area contributed by atoms with Gasteiger partial charge in [-0.3, -0.25) is 14.5 Å². The maximum Gasteiger partial charge on any atom is 0.293 e. The van der Waals surface area contributed by atoms with E-state index in [1.165, 1.54) is 0 Å². The smallest absolute Gasteiger partial charge is 0.293 e. The normalized spacial score (nSPS) is 15.0. The summed E-state index contributed by atoms with van der Waals surface area (Å²) in [6, 6.07) is 16.4. The van der Waals surface area contributed by atoms with Crippen molar-refractivity contribution < 1.29 is 23.5 Å². The number of rotatable bonds is 7. The Morgan fingerprint density at radius 2 is 1.88 bits per heavy atom. The third kappa shape index (κ3) is 4.69. The monoisotopic (exact) mass is 469 g/mol. The second-order valence-corrected chi connectivity index (χ2v) is 8.40. The van der Waals surface area contributed by atoms with Crippen molar-refractivity contribution in [2.75, 3.05) is 20.3 Å². The number of furan rings is 1. The molecule has 1 aliphatic heterocycles. The molecule has 2 aromatic carbocycles. The van der Waals surface area contributed by atoms with Gasteiger partial charge in [0.2, 0.25) is 0 Å². The first-order valence-electron chi connectivity index (χ1n) is 9.84. The molecule has 0 atom stereocenters. The Kier molecular flexibility index (Phi) is 6.58. The molecule has 0 spiro atoms. The highest BCUT2D eigenvalue weighted by atomic mass is 35.5. The van der Waals surface area contributed by atoms with Gasteiger partial charge in [-0.15, -0.1) is 0 Å². The van der Waals surface area contributed by atoms with Crippen LogP contribution in [0.15, 0.2) is 63.9 Å². The van der Waals surface area contributed by atoms with E-state index < -0.39 is 0 Å². The molecule has 2 heterocycles. The van der Waals surface area contributed by atoms with Crippen molar-refractivity contribution >= 4 is 40.6 Å². The topological polar surface area (TPSA) is 69.0 Å². The van der Waals surface area contributed by atoms with Gasteiger partial charge in [-0.05, 0) is 54.6 Å². The number of amides is 2. The number of benzene rings is 2. The van der Waals surface area contributed by atoms with Crippen molar-refractivity contribution in [3.8, 4) is 22.8 Å². The molecule has 6 nitrogen and oxygen atoms in total. The van der Waals surface area contributed by atoms with E-state index in [-0.39, 0.29) is 24.3 Å².